The van der Waals surface area contributed by atoms with Crippen molar-refractivity contribution in [3.8, 4) is 0 Å². The van der Waals surface area contributed by atoms with Crippen LogP contribution < -0.4 is 0 Å². The predicted octanol–water partition coefficient (Wildman–Crippen LogP) is 0.638. The van der Waals surface area contributed by atoms with Gasteiger partial charge in [0.15, 0.2) is 5.79 Å². The molecule has 0 aliphatic carbocycles. The van der Waals surface area contributed by atoms with Crippen LogP contribution in [0, 0.1) is 0 Å². The maximum atomic E-state index is 9.55. The second kappa shape index (κ2) is 1.97. The molecule has 1 aliphatic heterocycles. The first-order valence-electron chi connectivity index (χ1n) is 3.43. The third-order valence-corrected chi connectivity index (χ3v) is 1.97. The Hall–Kier alpha value is -0.0551. The molecule has 1 unspecified atom stereocenters. The SMILES string of the molecule is CB1OC(C)(C)C(C)(O)O1. The van der Waals surface area contributed by atoms with Gasteiger partial charge in [-0.25, -0.2) is 0 Å². The van der Waals surface area contributed by atoms with E-state index in [0.717, 1.165) is 0 Å². The molecule has 1 rings (SSSR count). The van der Waals surface area contributed by atoms with Gasteiger partial charge in [0.1, 0.15) is 5.60 Å². The summed E-state index contributed by atoms with van der Waals surface area (Å²) in [7, 11) is -0.315. The molecule has 0 radical (unpaired) electrons. The van der Waals surface area contributed by atoms with Crippen LogP contribution in [0.4, 0.5) is 0 Å². The van der Waals surface area contributed by atoms with Gasteiger partial charge in [0.05, 0.1) is 0 Å². The molecular weight excluding hydrogens is 131 g/mol. The Bertz CT molecular complexity index is 128. The van der Waals surface area contributed by atoms with Crippen molar-refractivity contribution in [2.24, 2.45) is 0 Å². The van der Waals surface area contributed by atoms with E-state index in [1.54, 1.807) is 27.6 Å². The summed E-state index contributed by atoms with van der Waals surface area (Å²) in [6, 6.07) is 0. The monoisotopic (exact) mass is 144 g/mol. The van der Waals surface area contributed by atoms with Crippen molar-refractivity contribution in [3.63, 3.8) is 0 Å². The normalized spacial score (nSPS) is 38.7. The van der Waals surface area contributed by atoms with E-state index in [4.69, 9.17) is 9.31 Å². The van der Waals surface area contributed by atoms with Crippen molar-refractivity contribution in [1.29, 1.82) is 0 Å². The number of rotatable bonds is 0. The lowest BCUT2D eigenvalue weighted by molar-refractivity contribution is -0.176. The van der Waals surface area contributed by atoms with Crippen LogP contribution in [-0.2, 0) is 9.31 Å². The highest BCUT2D eigenvalue weighted by Crippen LogP contribution is 2.34. The molecule has 3 nitrogen and oxygen atoms in total. The van der Waals surface area contributed by atoms with Gasteiger partial charge in [-0.1, -0.05) is 0 Å². The van der Waals surface area contributed by atoms with Crippen molar-refractivity contribution >= 4 is 7.12 Å². The van der Waals surface area contributed by atoms with Gasteiger partial charge in [0.25, 0.3) is 0 Å². The van der Waals surface area contributed by atoms with Crippen molar-refractivity contribution in [2.75, 3.05) is 0 Å². The van der Waals surface area contributed by atoms with Crippen LogP contribution in [0.5, 0.6) is 0 Å². The van der Waals surface area contributed by atoms with E-state index in [9.17, 15) is 5.11 Å². The van der Waals surface area contributed by atoms with Gasteiger partial charge in [-0.15, -0.1) is 0 Å². The standard InChI is InChI=1S/C6H13BO3/c1-5(2)6(3,8)10-7(4)9-5/h8H,1-4H3. The maximum absolute atomic E-state index is 9.55. The maximum Gasteiger partial charge on any atom is 0.456 e. The fourth-order valence-electron chi connectivity index (χ4n) is 1.01. The third kappa shape index (κ3) is 1.07. The molecule has 1 heterocycles. The lowest BCUT2D eigenvalue weighted by atomic mass is 9.96. The summed E-state index contributed by atoms with van der Waals surface area (Å²) in [4.78, 5) is 0. The van der Waals surface area contributed by atoms with Crippen molar-refractivity contribution in [1.82, 2.24) is 0 Å². The Kier molecular flexibility index (Phi) is 1.58. The summed E-state index contributed by atoms with van der Waals surface area (Å²) in [5.74, 6) is -1.16. The van der Waals surface area contributed by atoms with Crippen LogP contribution in [0.25, 0.3) is 0 Å². The highest BCUT2D eigenvalue weighted by Gasteiger charge is 2.51. The predicted molar refractivity (Wildman–Crippen MR) is 38.5 cm³/mol. The van der Waals surface area contributed by atoms with Gasteiger partial charge in [0, 0.05) is 0 Å². The molecule has 0 aromatic heterocycles. The molecule has 4 heteroatoms. The summed E-state index contributed by atoms with van der Waals surface area (Å²) in [6.07, 6.45) is 0. The summed E-state index contributed by atoms with van der Waals surface area (Å²) >= 11 is 0. The van der Waals surface area contributed by atoms with E-state index >= 15 is 0 Å². The van der Waals surface area contributed by atoms with Crippen molar-refractivity contribution < 1.29 is 14.4 Å². The summed E-state index contributed by atoms with van der Waals surface area (Å²) in [6.45, 7) is 6.98. The first-order chi connectivity index (χ1) is 4.35. The number of hydrogen-bond acceptors (Lipinski definition) is 3. The molecule has 10 heavy (non-hydrogen) atoms. The molecule has 0 bridgehead atoms. The number of aliphatic hydroxyl groups is 1. The molecule has 0 aromatic carbocycles. The number of hydrogen-bond donors (Lipinski definition) is 1. The molecule has 0 aromatic rings. The average molecular weight is 144 g/mol. The zero-order chi connectivity index (χ0) is 7.99. The molecule has 1 N–H and O–H groups in total. The summed E-state index contributed by atoms with van der Waals surface area (Å²) in [5, 5.41) is 9.55. The minimum atomic E-state index is -1.16. The molecular formula is C6H13BO3. The topological polar surface area (TPSA) is 38.7 Å². The highest BCUT2D eigenvalue weighted by atomic mass is 16.7. The molecule has 0 saturated carbocycles. The van der Waals surface area contributed by atoms with Gasteiger partial charge in [-0.2, -0.15) is 0 Å². The van der Waals surface area contributed by atoms with Gasteiger partial charge >= 0.3 is 7.12 Å². The fourth-order valence-corrected chi connectivity index (χ4v) is 1.01. The van der Waals surface area contributed by atoms with Gasteiger partial charge < -0.3 is 14.4 Å². The van der Waals surface area contributed by atoms with Crippen LogP contribution in [0.15, 0.2) is 0 Å². The summed E-state index contributed by atoms with van der Waals surface area (Å²) < 4.78 is 10.4. The molecule has 0 amide bonds. The van der Waals surface area contributed by atoms with Crippen LogP contribution in [0.2, 0.25) is 6.82 Å². The second-order valence-electron chi connectivity index (χ2n) is 3.30. The van der Waals surface area contributed by atoms with E-state index in [2.05, 4.69) is 0 Å². The van der Waals surface area contributed by atoms with E-state index < -0.39 is 11.4 Å². The molecule has 0 spiro atoms. The van der Waals surface area contributed by atoms with E-state index in [1.165, 1.54) is 0 Å². The van der Waals surface area contributed by atoms with Gasteiger partial charge in [0.2, 0.25) is 0 Å². The zero-order valence-corrected chi connectivity index (χ0v) is 6.84. The third-order valence-electron chi connectivity index (χ3n) is 1.97. The molecule has 1 aliphatic rings. The van der Waals surface area contributed by atoms with Crippen LogP contribution in [-0.4, -0.2) is 23.6 Å². The van der Waals surface area contributed by atoms with Crippen molar-refractivity contribution in [2.45, 2.75) is 39.0 Å². The molecule has 58 valence electrons. The quantitative estimate of drug-likeness (QED) is 0.507. The van der Waals surface area contributed by atoms with Gasteiger partial charge in [-0.05, 0) is 27.6 Å². The highest BCUT2D eigenvalue weighted by molar-refractivity contribution is 6.43. The smallest absolute Gasteiger partial charge is 0.401 e. The van der Waals surface area contributed by atoms with Crippen LogP contribution in [0.3, 0.4) is 0 Å². The van der Waals surface area contributed by atoms with Crippen LogP contribution in [0.1, 0.15) is 20.8 Å². The Morgan fingerprint density at radius 3 is 1.80 bits per heavy atom. The average Bonchev–Trinajstić information content (AvgIpc) is 1.73. The minimum absolute atomic E-state index is 0.315. The van der Waals surface area contributed by atoms with E-state index in [1.807, 2.05) is 0 Å². The largest absolute Gasteiger partial charge is 0.456 e. The van der Waals surface area contributed by atoms with E-state index in [-0.39, 0.29) is 7.12 Å². The van der Waals surface area contributed by atoms with Crippen molar-refractivity contribution in [3.05, 3.63) is 0 Å². The molecule has 1 atom stereocenters. The fraction of sp³-hybridized carbons (Fsp3) is 1.00. The van der Waals surface area contributed by atoms with Crippen LogP contribution >= 0.6 is 0 Å². The molecule has 1 fully saturated rings. The molecule has 1 saturated heterocycles. The Balaban J connectivity index is 2.78. The minimum Gasteiger partial charge on any atom is -0.401 e. The summed E-state index contributed by atoms with van der Waals surface area (Å²) in [5.41, 5.74) is -0.605. The first-order valence-corrected chi connectivity index (χ1v) is 3.43. The Labute approximate surface area is 61.5 Å². The van der Waals surface area contributed by atoms with Gasteiger partial charge in [-0.3, -0.25) is 0 Å². The zero-order valence-electron chi connectivity index (χ0n) is 6.84. The Morgan fingerprint density at radius 2 is 1.70 bits per heavy atom. The lowest BCUT2D eigenvalue weighted by Gasteiger charge is -2.30. The first kappa shape index (κ1) is 8.05. The second-order valence-corrected chi connectivity index (χ2v) is 3.30. The Morgan fingerprint density at radius 1 is 1.20 bits per heavy atom. The lowest BCUT2D eigenvalue weighted by Crippen LogP contribution is -2.44. The van der Waals surface area contributed by atoms with E-state index in [0.29, 0.717) is 0 Å².